The lowest BCUT2D eigenvalue weighted by Crippen LogP contribution is -2.15. The fourth-order valence-electron chi connectivity index (χ4n) is 1.56. The van der Waals surface area contributed by atoms with Crippen molar-refractivity contribution in [3.8, 4) is 0 Å². The second kappa shape index (κ2) is 4.91. The zero-order valence-electron chi connectivity index (χ0n) is 10.4. The Morgan fingerprint density at radius 3 is 2.89 bits per heavy atom. The first-order chi connectivity index (χ1) is 8.63. The van der Waals surface area contributed by atoms with E-state index in [1.165, 1.54) is 0 Å². The third kappa shape index (κ3) is 2.34. The third-order valence-electron chi connectivity index (χ3n) is 2.58. The lowest BCUT2D eigenvalue weighted by molar-refractivity contribution is 0.102. The minimum absolute atomic E-state index is 0.220. The van der Waals surface area contributed by atoms with Crippen LogP contribution in [0, 0.1) is 0 Å². The molecule has 18 heavy (non-hydrogen) atoms. The van der Waals surface area contributed by atoms with E-state index < -0.39 is 0 Å². The van der Waals surface area contributed by atoms with Gasteiger partial charge in [0, 0.05) is 24.5 Å². The smallest absolute Gasteiger partial charge is 0.279 e. The van der Waals surface area contributed by atoms with Crippen LogP contribution in [0.3, 0.4) is 0 Å². The van der Waals surface area contributed by atoms with Gasteiger partial charge >= 0.3 is 0 Å². The molecule has 0 aliphatic rings. The minimum atomic E-state index is -0.353. The molecule has 7 nitrogen and oxygen atoms in total. The lowest BCUT2D eigenvalue weighted by Gasteiger charge is -1.98. The van der Waals surface area contributed by atoms with E-state index in [-0.39, 0.29) is 11.6 Å². The zero-order chi connectivity index (χ0) is 13.1. The molecule has 0 aliphatic carbocycles. The van der Waals surface area contributed by atoms with Gasteiger partial charge in [0.15, 0.2) is 11.5 Å². The molecule has 7 heteroatoms. The number of carbonyl (C=O) groups is 1. The first-order valence-corrected chi connectivity index (χ1v) is 5.82. The summed E-state index contributed by atoms with van der Waals surface area (Å²) >= 11 is 0. The van der Waals surface area contributed by atoms with Crippen LogP contribution < -0.4 is 11.1 Å². The summed E-state index contributed by atoms with van der Waals surface area (Å²) in [5.74, 6) is 0.121. The Morgan fingerprint density at radius 2 is 2.33 bits per heavy atom. The number of nitrogens with zero attached hydrogens (tertiary/aromatic N) is 3. The van der Waals surface area contributed by atoms with Gasteiger partial charge in [-0.1, -0.05) is 6.92 Å². The maximum absolute atomic E-state index is 11.9. The number of H-pyrrole nitrogens is 1. The highest BCUT2D eigenvalue weighted by atomic mass is 16.2. The minimum Gasteiger partial charge on any atom is -0.396 e. The van der Waals surface area contributed by atoms with Crippen molar-refractivity contribution >= 4 is 17.4 Å². The van der Waals surface area contributed by atoms with Gasteiger partial charge in [0.2, 0.25) is 0 Å². The summed E-state index contributed by atoms with van der Waals surface area (Å²) < 4.78 is 1.62. The Hall–Kier alpha value is -2.31. The van der Waals surface area contributed by atoms with E-state index in [1.807, 2.05) is 13.8 Å². The van der Waals surface area contributed by atoms with Crippen molar-refractivity contribution in [2.75, 3.05) is 11.1 Å². The summed E-state index contributed by atoms with van der Waals surface area (Å²) in [6.07, 6.45) is 2.46. The van der Waals surface area contributed by atoms with Gasteiger partial charge in [0.05, 0.1) is 5.69 Å². The van der Waals surface area contributed by atoms with Crippen molar-refractivity contribution in [1.29, 1.82) is 0 Å². The van der Waals surface area contributed by atoms with Crippen LogP contribution in [0.5, 0.6) is 0 Å². The van der Waals surface area contributed by atoms with Gasteiger partial charge in [0.1, 0.15) is 0 Å². The van der Waals surface area contributed by atoms with Crippen molar-refractivity contribution in [3.63, 3.8) is 0 Å². The maximum atomic E-state index is 11.9. The SMILES string of the molecule is CCc1cc(NC(=O)c2nn(CC)cc2N)n[nH]1. The monoisotopic (exact) mass is 248 g/mol. The largest absolute Gasteiger partial charge is 0.396 e. The van der Waals surface area contributed by atoms with Gasteiger partial charge in [-0.15, -0.1) is 0 Å². The van der Waals surface area contributed by atoms with E-state index in [0.29, 0.717) is 18.1 Å². The average Bonchev–Trinajstić information content (AvgIpc) is 2.95. The van der Waals surface area contributed by atoms with Gasteiger partial charge in [-0.05, 0) is 13.3 Å². The summed E-state index contributed by atoms with van der Waals surface area (Å²) in [5, 5.41) is 13.5. The number of hydrogen-bond acceptors (Lipinski definition) is 4. The highest BCUT2D eigenvalue weighted by Gasteiger charge is 2.15. The molecule has 96 valence electrons. The number of aromatic amines is 1. The summed E-state index contributed by atoms with van der Waals surface area (Å²) in [6.45, 7) is 4.59. The van der Waals surface area contributed by atoms with Crippen molar-refractivity contribution < 1.29 is 4.79 Å². The van der Waals surface area contributed by atoms with E-state index in [2.05, 4.69) is 20.6 Å². The molecule has 0 aromatic carbocycles. The van der Waals surface area contributed by atoms with E-state index in [9.17, 15) is 4.79 Å². The number of nitrogens with two attached hydrogens (primary N) is 1. The second-order valence-electron chi connectivity index (χ2n) is 3.87. The van der Waals surface area contributed by atoms with E-state index in [4.69, 9.17) is 5.73 Å². The molecule has 1 amide bonds. The highest BCUT2D eigenvalue weighted by molar-refractivity contribution is 6.05. The fraction of sp³-hybridized carbons (Fsp3) is 0.364. The molecule has 2 rings (SSSR count). The molecule has 0 radical (unpaired) electrons. The summed E-state index contributed by atoms with van der Waals surface area (Å²) in [6, 6.07) is 1.78. The van der Waals surface area contributed by atoms with Crippen LogP contribution in [0.4, 0.5) is 11.5 Å². The molecule has 0 saturated carbocycles. The number of nitrogens with one attached hydrogen (secondary N) is 2. The molecule has 0 saturated heterocycles. The van der Waals surface area contributed by atoms with Crippen LogP contribution in [0.25, 0.3) is 0 Å². The molecule has 0 spiro atoms. The van der Waals surface area contributed by atoms with E-state index in [1.54, 1.807) is 16.9 Å². The number of anilines is 2. The number of hydrogen-bond donors (Lipinski definition) is 3. The van der Waals surface area contributed by atoms with Crippen molar-refractivity contribution in [1.82, 2.24) is 20.0 Å². The topological polar surface area (TPSA) is 102 Å². The molecule has 2 aromatic rings. The molecule has 0 atom stereocenters. The number of rotatable bonds is 4. The molecule has 2 heterocycles. The highest BCUT2D eigenvalue weighted by Crippen LogP contribution is 2.12. The first kappa shape index (κ1) is 12.2. The van der Waals surface area contributed by atoms with Gasteiger partial charge in [-0.3, -0.25) is 14.6 Å². The standard InChI is InChI=1S/C11H16N6O/c1-3-7-5-9(15-14-7)13-11(18)10-8(12)6-17(4-2)16-10/h5-6H,3-4,12H2,1-2H3,(H2,13,14,15,18). The summed E-state index contributed by atoms with van der Waals surface area (Å²) in [7, 11) is 0. The number of nitrogen functional groups attached to an aromatic ring is 1. The first-order valence-electron chi connectivity index (χ1n) is 5.82. The van der Waals surface area contributed by atoms with Gasteiger partial charge in [-0.2, -0.15) is 10.2 Å². The van der Waals surface area contributed by atoms with Crippen molar-refractivity contribution in [2.45, 2.75) is 26.8 Å². The Labute approximate surface area is 104 Å². The van der Waals surface area contributed by atoms with Crippen LogP contribution in [0.2, 0.25) is 0 Å². The molecule has 2 aromatic heterocycles. The Balaban J connectivity index is 2.13. The number of carbonyl (C=O) groups excluding carboxylic acids is 1. The Bertz CT molecular complexity index is 556. The molecule has 0 unspecified atom stereocenters. The molecule has 4 N–H and O–H groups in total. The Morgan fingerprint density at radius 1 is 1.56 bits per heavy atom. The predicted molar refractivity (Wildman–Crippen MR) is 68.2 cm³/mol. The lowest BCUT2D eigenvalue weighted by atomic mass is 10.3. The average molecular weight is 248 g/mol. The number of amides is 1. The van der Waals surface area contributed by atoms with Crippen LogP contribution in [0.1, 0.15) is 30.0 Å². The van der Waals surface area contributed by atoms with Gasteiger partial charge in [0.25, 0.3) is 5.91 Å². The predicted octanol–water partition coefficient (Wildman–Crippen LogP) is 1.02. The maximum Gasteiger partial charge on any atom is 0.279 e. The summed E-state index contributed by atoms with van der Waals surface area (Å²) in [5.41, 5.74) is 7.27. The van der Waals surface area contributed by atoms with Crippen LogP contribution in [0.15, 0.2) is 12.3 Å². The quantitative estimate of drug-likeness (QED) is 0.751. The van der Waals surface area contributed by atoms with Gasteiger partial charge in [-0.25, -0.2) is 0 Å². The second-order valence-corrected chi connectivity index (χ2v) is 3.87. The van der Waals surface area contributed by atoms with E-state index in [0.717, 1.165) is 12.1 Å². The number of aryl methyl sites for hydroxylation is 2. The van der Waals surface area contributed by atoms with E-state index >= 15 is 0 Å². The molecular weight excluding hydrogens is 232 g/mol. The summed E-state index contributed by atoms with van der Waals surface area (Å²) in [4.78, 5) is 11.9. The zero-order valence-corrected chi connectivity index (χ0v) is 10.4. The van der Waals surface area contributed by atoms with Crippen molar-refractivity contribution in [3.05, 3.63) is 23.7 Å². The third-order valence-corrected chi connectivity index (χ3v) is 2.58. The molecular formula is C11H16N6O. The fourth-order valence-corrected chi connectivity index (χ4v) is 1.56. The van der Waals surface area contributed by atoms with Gasteiger partial charge < -0.3 is 11.1 Å². The van der Waals surface area contributed by atoms with Crippen LogP contribution in [-0.2, 0) is 13.0 Å². The molecule has 0 bridgehead atoms. The Kier molecular flexibility index (Phi) is 3.31. The number of aromatic nitrogens is 4. The van der Waals surface area contributed by atoms with Crippen LogP contribution in [-0.4, -0.2) is 25.9 Å². The normalized spacial score (nSPS) is 10.6. The molecule has 0 aliphatic heterocycles. The van der Waals surface area contributed by atoms with Crippen molar-refractivity contribution in [2.24, 2.45) is 0 Å². The van der Waals surface area contributed by atoms with Crippen LogP contribution >= 0.6 is 0 Å². The molecule has 0 fully saturated rings.